The maximum Gasteiger partial charge on any atom is 0.272 e. The van der Waals surface area contributed by atoms with Crippen molar-refractivity contribution in [2.24, 2.45) is 5.73 Å². The number of rotatable bonds is 5. The highest BCUT2D eigenvalue weighted by molar-refractivity contribution is 8.93. The molecule has 5 heteroatoms. The number of H-pyrrole nitrogens is 1. The van der Waals surface area contributed by atoms with Crippen LogP contribution in [0.2, 0.25) is 0 Å². The topological polar surface area (TPSA) is 71.8 Å². The summed E-state index contributed by atoms with van der Waals surface area (Å²) in [4.78, 5) is 11.6. The second-order valence-electron chi connectivity index (χ2n) is 4.24. The number of benzene rings is 1. The van der Waals surface area contributed by atoms with E-state index in [2.05, 4.69) is 22.3 Å². The molecule has 2 rings (SSSR count). The van der Waals surface area contributed by atoms with Crippen molar-refractivity contribution in [3.63, 3.8) is 0 Å². The number of hydrogen-bond acceptors (Lipinski definition) is 3. The first-order chi connectivity index (χ1) is 8.81. The summed E-state index contributed by atoms with van der Waals surface area (Å²) in [6.07, 6.45) is 4.77. The molecule has 1 heterocycles. The number of aromatic nitrogens is 2. The highest BCUT2D eigenvalue weighted by Crippen LogP contribution is 2.16. The summed E-state index contributed by atoms with van der Waals surface area (Å²) < 4.78 is 0. The molecule has 0 spiro atoms. The van der Waals surface area contributed by atoms with E-state index in [4.69, 9.17) is 5.73 Å². The number of aromatic amines is 1. The maximum absolute atomic E-state index is 11.6. The molecule has 2 aromatic rings. The monoisotopic (exact) mass is 323 g/mol. The zero-order valence-corrected chi connectivity index (χ0v) is 12.3. The predicted octanol–water partition coefficient (Wildman–Crippen LogP) is 2.30. The van der Waals surface area contributed by atoms with Crippen LogP contribution in [-0.4, -0.2) is 16.7 Å². The number of nitrogens with zero attached hydrogens (tertiary/aromatic N) is 1. The lowest BCUT2D eigenvalue weighted by Gasteiger charge is -2.03. The van der Waals surface area contributed by atoms with E-state index in [0.29, 0.717) is 5.56 Å². The van der Waals surface area contributed by atoms with Crippen LogP contribution in [0.1, 0.15) is 18.4 Å². The Morgan fingerprint density at radius 1 is 1.11 bits per heavy atom. The van der Waals surface area contributed by atoms with E-state index in [0.717, 1.165) is 31.4 Å². The minimum Gasteiger partial charge on any atom is -0.330 e. The second-order valence-corrected chi connectivity index (χ2v) is 4.24. The van der Waals surface area contributed by atoms with E-state index in [9.17, 15) is 4.79 Å². The van der Waals surface area contributed by atoms with Gasteiger partial charge in [0.15, 0.2) is 0 Å². The number of halogens is 1. The van der Waals surface area contributed by atoms with Crippen LogP contribution in [0.5, 0.6) is 0 Å². The second kappa shape index (κ2) is 7.86. The van der Waals surface area contributed by atoms with Gasteiger partial charge in [0.25, 0.3) is 5.56 Å². The summed E-state index contributed by atoms with van der Waals surface area (Å²) in [5, 5.41) is 6.12. The third-order valence-electron chi connectivity index (χ3n) is 2.91. The van der Waals surface area contributed by atoms with Gasteiger partial charge in [-0.05, 0) is 43.0 Å². The molecule has 0 amide bonds. The lowest BCUT2D eigenvalue weighted by atomic mass is 10.0. The van der Waals surface area contributed by atoms with Crippen molar-refractivity contribution in [1.29, 1.82) is 0 Å². The molecule has 19 heavy (non-hydrogen) atoms. The fourth-order valence-electron chi connectivity index (χ4n) is 1.90. The van der Waals surface area contributed by atoms with Crippen LogP contribution < -0.4 is 11.3 Å². The van der Waals surface area contributed by atoms with Crippen LogP contribution in [0, 0.1) is 0 Å². The van der Waals surface area contributed by atoms with Crippen molar-refractivity contribution in [1.82, 2.24) is 10.2 Å². The van der Waals surface area contributed by atoms with Crippen molar-refractivity contribution < 1.29 is 0 Å². The van der Waals surface area contributed by atoms with E-state index in [-0.39, 0.29) is 22.5 Å². The minimum absolute atomic E-state index is 0. The summed E-state index contributed by atoms with van der Waals surface area (Å²) in [6.45, 7) is 0.741. The molecule has 0 bridgehead atoms. The third kappa shape index (κ3) is 4.29. The smallest absolute Gasteiger partial charge is 0.272 e. The summed E-state index contributed by atoms with van der Waals surface area (Å²) >= 11 is 0. The Morgan fingerprint density at radius 2 is 1.84 bits per heavy atom. The van der Waals surface area contributed by atoms with E-state index in [1.165, 1.54) is 5.56 Å². The summed E-state index contributed by atoms with van der Waals surface area (Å²) in [5.41, 5.74) is 8.15. The molecule has 1 aromatic heterocycles. The van der Waals surface area contributed by atoms with Crippen LogP contribution >= 0.6 is 17.0 Å². The van der Waals surface area contributed by atoms with Crippen molar-refractivity contribution in [3.8, 4) is 11.1 Å². The van der Waals surface area contributed by atoms with E-state index in [1.807, 2.05) is 12.1 Å². The number of aryl methyl sites for hydroxylation is 1. The molecule has 0 unspecified atom stereocenters. The number of nitrogens with one attached hydrogen (secondary N) is 1. The quantitative estimate of drug-likeness (QED) is 0.829. The normalized spacial score (nSPS) is 9.95. The van der Waals surface area contributed by atoms with Gasteiger partial charge in [0.2, 0.25) is 0 Å². The largest absolute Gasteiger partial charge is 0.330 e. The van der Waals surface area contributed by atoms with Crippen LogP contribution in [0.25, 0.3) is 11.1 Å². The number of nitrogens with two attached hydrogens (primary N) is 1. The number of unbranched alkanes of at least 4 members (excludes halogenated alkanes) is 1. The minimum atomic E-state index is -0.159. The van der Waals surface area contributed by atoms with Gasteiger partial charge >= 0.3 is 0 Å². The lowest BCUT2D eigenvalue weighted by Crippen LogP contribution is -2.09. The average molecular weight is 324 g/mol. The molecule has 0 aliphatic heterocycles. The van der Waals surface area contributed by atoms with Gasteiger partial charge < -0.3 is 5.73 Å². The van der Waals surface area contributed by atoms with Crippen LogP contribution in [-0.2, 0) is 6.42 Å². The molecule has 0 atom stereocenters. The summed E-state index contributed by atoms with van der Waals surface area (Å²) in [5.74, 6) is 0. The fraction of sp³-hybridized carbons (Fsp3) is 0.286. The molecular weight excluding hydrogens is 306 g/mol. The van der Waals surface area contributed by atoms with E-state index in [1.54, 1.807) is 12.3 Å². The lowest BCUT2D eigenvalue weighted by molar-refractivity contribution is 0.745. The van der Waals surface area contributed by atoms with Crippen molar-refractivity contribution in [3.05, 3.63) is 52.4 Å². The molecular formula is C14H18BrN3O. The molecule has 3 N–H and O–H groups in total. The fourth-order valence-corrected chi connectivity index (χ4v) is 1.90. The van der Waals surface area contributed by atoms with Gasteiger partial charge in [-0.15, -0.1) is 17.0 Å². The Labute approximate surface area is 122 Å². The maximum atomic E-state index is 11.6. The molecule has 0 radical (unpaired) electrons. The Kier molecular flexibility index (Phi) is 6.45. The molecule has 0 aliphatic carbocycles. The van der Waals surface area contributed by atoms with Crippen molar-refractivity contribution in [2.45, 2.75) is 19.3 Å². The summed E-state index contributed by atoms with van der Waals surface area (Å²) in [7, 11) is 0. The van der Waals surface area contributed by atoms with Gasteiger partial charge in [0.05, 0.1) is 0 Å². The van der Waals surface area contributed by atoms with Crippen LogP contribution in [0.3, 0.4) is 0 Å². The zero-order valence-electron chi connectivity index (χ0n) is 10.6. The first kappa shape index (κ1) is 15.6. The van der Waals surface area contributed by atoms with Crippen molar-refractivity contribution >= 4 is 17.0 Å². The number of hydrogen-bond donors (Lipinski definition) is 2. The highest BCUT2D eigenvalue weighted by atomic mass is 79.9. The first-order valence-corrected chi connectivity index (χ1v) is 6.14. The third-order valence-corrected chi connectivity index (χ3v) is 2.91. The van der Waals surface area contributed by atoms with Gasteiger partial charge in [-0.25, -0.2) is 5.10 Å². The van der Waals surface area contributed by atoms with Gasteiger partial charge in [-0.1, -0.05) is 24.3 Å². The molecule has 0 saturated carbocycles. The Bertz CT molecular complexity index is 551. The molecule has 0 aliphatic rings. The van der Waals surface area contributed by atoms with Crippen LogP contribution in [0.4, 0.5) is 0 Å². The predicted molar refractivity (Wildman–Crippen MR) is 82.6 cm³/mol. The Balaban J connectivity index is 0.00000180. The van der Waals surface area contributed by atoms with Crippen LogP contribution in [0.15, 0.2) is 41.3 Å². The average Bonchev–Trinajstić information content (AvgIpc) is 2.41. The van der Waals surface area contributed by atoms with Gasteiger partial charge in [0.1, 0.15) is 0 Å². The summed E-state index contributed by atoms with van der Waals surface area (Å²) in [6, 6.07) is 9.80. The van der Waals surface area contributed by atoms with Gasteiger partial charge in [-0.2, -0.15) is 5.10 Å². The first-order valence-electron chi connectivity index (χ1n) is 6.14. The Morgan fingerprint density at radius 3 is 2.47 bits per heavy atom. The van der Waals surface area contributed by atoms with Gasteiger partial charge in [0, 0.05) is 11.8 Å². The SMILES string of the molecule is Br.NCCCCc1ccc(-c2ccn[nH]c2=O)cc1. The highest BCUT2D eigenvalue weighted by Gasteiger charge is 2.02. The van der Waals surface area contributed by atoms with E-state index >= 15 is 0 Å². The zero-order chi connectivity index (χ0) is 12.8. The molecule has 4 nitrogen and oxygen atoms in total. The van der Waals surface area contributed by atoms with E-state index < -0.39 is 0 Å². The van der Waals surface area contributed by atoms with Crippen molar-refractivity contribution in [2.75, 3.05) is 6.54 Å². The standard InChI is InChI=1S/C14H17N3O.BrH/c15-9-2-1-3-11-4-6-12(7-5-11)13-8-10-16-17-14(13)18;/h4-8,10H,1-3,9,15H2,(H,17,18);1H. The molecule has 102 valence electrons. The molecule has 0 saturated heterocycles. The molecule has 0 fully saturated rings. The van der Waals surface area contributed by atoms with Gasteiger partial charge in [-0.3, -0.25) is 4.79 Å². The molecule has 1 aromatic carbocycles. The Hall–Kier alpha value is -1.46.